The first kappa shape index (κ1) is 11.7. The van der Waals surface area contributed by atoms with Crippen LogP contribution in [-0.2, 0) is 0 Å². The molecule has 1 nitrogen and oxygen atoms in total. The summed E-state index contributed by atoms with van der Waals surface area (Å²) in [5.74, 6) is 9.74. The van der Waals surface area contributed by atoms with Crippen molar-refractivity contribution in [3.8, 4) is 0 Å². The minimum absolute atomic E-state index is 0.000000000000000222. The van der Waals surface area contributed by atoms with Crippen LogP contribution in [-0.4, -0.2) is 10.2 Å². The van der Waals surface area contributed by atoms with Gasteiger partial charge in [-0.25, -0.2) is 0 Å². The van der Waals surface area contributed by atoms with Crippen LogP contribution >= 0.6 is 12.2 Å². The lowest BCUT2D eigenvalue weighted by Gasteiger charge is -2.69. The van der Waals surface area contributed by atoms with Gasteiger partial charge < -0.3 is 5.11 Å². The van der Waals surface area contributed by atoms with Crippen LogP contribution < -0.4 is 0 Å². The molecule has 100 valence electrons. The molecule has 0 aromatic rings. The van der Waals surface area contributed by atoms with E-state index in [1.807, 2.05) is 0 Å². The zero-order valence-electron chi connectivity index (χ0n) is 11.2. The van der Waals surface area contributed by atoms with Crippen LogP contribution in [0, 0.1) is 47.3 Å². The molecule has 18 heavy (non-hydrogen) atoms. The van der Waals surface area contributed by atoms with Gasteiger partial charge in [-0.1, -0.05) is 0 Å². The second-order valence-corrected chi connectivity index (χ2v) is 8.24. The van der Waals surface area contributed by atoms with Gasteiger partial charge in [0.25, 0.3) is 0 Å². The number of rotatable bonds is 0. The average molecular weight is 264 g/mol. The standard InChI is InChI=1S/C14H20.C2H4OS/c1-7-2-12-10-4-8-5-11(9(1)10)13(3-7)14(12)6-8;1-2(3)4/h7-14H,1-6H2;1H3,(H,3,4). The molecule has 0 saturated heterocycles. The van der Waals surface area contributed by atoms with Crippen LogP contribution in [0.15, 0.2) is 0 Å². The van der Waals surface area contributed by atoms with Crippen molar-refractivity contribution in [2.75, 3.05) is 0 Å². The van der Waals surface area contributed by atoms with E-state index in [-0.39, 0.29) is 5.05 Å². The van der Waals surface area contributed by atoms with Crippen molar-refractivity contribution in [1.82, 2.24) is 0 Å². The Labute approximate surface area is 115 Å². The topological polar surface area (TPSA) is 20.2 Å². The molecule has 0 aromatic carbocycles. The van der Waals surface area contributed by atoms with Gasteiger partial charge in [0.15, 0.2) is 5.05 Å². The summed E-state index contributed by atoms with van der Waals surface area (Å²) in [6.45, 7) is 1.45. The van der Waals surface area contributed by atoms with Gasteiger partial charge in [0, 0.05) is 6.92 Å². The molecule has 7 saturated carbocycles. The lowest BCUT2D eigenvalue weighted by Crippen LogP contribution is -2.62. The van der Waals surface area contributed by atoms with Gasteiger partial charge in [0.05, 0.1) is 0 Å². The predicted octanol–water partition coefficient (Wildman–Crippen LogP) is 4.22. The quantitative estimate of drug-likeness (QED) is 0.661. The SMILES string of the molecule is C1C2CC3C4CC5CC(C14)C(C2)C3C5.CC(O)=S. The third kappa shape index (κ3) is 1.54. The van der Waals surface area contributed by atoms with Crippen LogP contribution in [0.2, 0.25) is 0 Å². The maximum Gasteiger partial charge on any atom is 0.153 e. The third-order valence-electron chi connectivity index (χ3n) is 6.93. The summed E-state index contributed by atoms with van der Waals surface area (Å²) < 4.78 is 0. The van der Waals surface area contributed by atoms with E-state index in [2.05, 4.69) is 12.2 Å². The Morgan fingerprint density at radius 2 is 0.889 bits per heavy atom. The van der Waals surface area contributed by atoms with Crippen LogP contribution in [0.25, 0.3) is 0 Å². The normalized spacial score (nSPS) is 57.4. The summed E-state index contributed by atoms with van der Waals surface area (Å²) >= 11 is 4.09. The lowest BCUT2D eigenvalue weighted by molar-refractivity contribution is -0.202. The fourth-order valence-corrected chi connectivity index (χ4v) is 6.89. The number of hydrogen-bond donors (Lipinski definition) is 1. The van der Waals surface area contributed by atoms with Crippen molar-refractivity contribution in [3.63, 3.8) is 0 Å². The molecule has 7 aliphatic rings. The highest BCUT2D eigenvalue weighted by Crippen LogP contribution is 2.71. The van der Waals surface area contributed by atoms with Gasteiger partial charge in [-0.05, 0) is 98.1 Å². The van der Waals surface area contributed by atoms with Crippen molar-refractivity contribution in [2.45, 2.75) is 45.4 Å². The number of aliphatic hydroxyl groups is 1. The van der Waals surface area contributed by atoms with E-state index >= 15 is 0 Å². The molecule has 0 atom stereocenters. The number of aliphatic hydroxyl groups excluding tert-OH is 1. The van der Waals surface area contributed by atoms with Gasteiger partial charge in [-0.3, -0.25) is 0 Å². The molecular weight excluding hydrogens is 240 g/mol. The van der Waals surface area contributed by atoms with Crippen molar-refractivity contribution < 1.29 is 5.11 Å². The molecule has 7 aliphatic carbocycles. The van der Waals surface area contributed by atoms with Crippen molar-refractivity contribution >= 4 is 17.3 Å². The third-order valence-corrected chi connectivity index (χ3v) is 6.93. The van der Waals surface area contributed by atoms with Crippen molar-refractivity contribution in [2.24, 2.45) is 47.3 Å². The zero-order chi connectivity index (χ0) is 12.4. The van der Waals surface area contributed by atoms with Gasteiger partial charge in [0.1, 0.15) is 0 Å². The molecule has 0 amide bonds. The van der Waals surface area contributed by atoms with Gasteiger partial charge in [0.2, 0.25) is 0 Å². The Hall–Kier alpha value is -0.110. The highest BCUT2D eigenvalue weighted by molar-refractivity contribution is 7.79. The smallest absolute Gasteiger partial charge is 0.153 e. The molecule has 2 heteroatoms. The minimum Gasteiger partial charge on any atom is -0.502 e. The van der Waals surface area contributed by atoms with E-state index in [9.17, 15) is 0 Å². The van der Waals surface area contributed by atoms with E-state index < -0.39 is 0 Å². The summed E-state index contributed by atoms with van der Waals surface area (Å²) in [6, 6.07) is 0. The monoisotopic (exact) mass is 264 g/mol. The van der Waals surface area contributed by atoms with E-state index in [0.29, 0.717) is 0 Å². The van der Waals surface area contributed by atoms with Gasteiger partial charge in [-0.15, -0.1) is 0 Å². The van der Waals surface area contributed by atoms with Gasteiger partial charge in [-0.2, -0.15) is 0 Å². The Bertz CT molecular complexity index is 286. The highest BCUT2D eigenvalue weighted by Gasteiger charge is 2.63. The molecule has 0 aliphatic heterocycles. The van der Waals surface area contributed by atoms with Crippen LogP contribution in [0.5, 0.6) is 0 Å². The molecule has 8 bridgehead atoms. The molecule has 0 radical (unpaired) electrons. The minimum atomic E-state index is 0.000000000000000222. The maximum absolute atomic E-state index is 7.79. The first-order valence-corrected chi connectivity index (χ1v) is 8.23. The second kappa shape index (κ2) is 3.94. The second-order valence-electron chi connectivity index (χ2n) is 7.65. The van der Waals surface area contributed by atoms with Gasteiger partial charge >= 0.3 is 0 Å². The van der Waals surface area contributed by atoms with E-state index in [4.69, 9.17) is 5.11 Å². The molecule has 7 rings (SSSR count). The fraction of sp³-hybridized carbons (Fsp3) is 0.938. The van der Waals surface area contributed by atoms with Crippen LogP contribution in [0.1, 0.15) is 45.4 Å². The molecule has 1 N–H and O–H groups in total. The first-order chi connectivity index (χ1) is 8.63. The molecular formula is C16H24OS. The highest BCUT2D eigenvalue weighted by atomic mass is 32.1. The summed E-state index contributed by atoms with van der Waals surface area (Å²) in [5.41, 5.74) is 0. The number of thiocarbonyl (C=S) groups is 1. The van der Waals surface area contributed by atoms with E-state index in [1.165, 1.54) is 54.3 Å². The van der Waals surface area contributed by atoms with Crippen molar-refractivity contribution in [1.29, 1.82) is 0 Å². The predicted molar refractivity (Wildman–Crippen MR) is 76.5 cm³/mol. The first-order valence-electron chi connectivity index (χ1n) is 7.83. The van der Waals surface area contributed by atoms with Crippen LogP contribution in [0.3, 0.4) is 0 Å². The molecule has 0 spiro atoms. The molecule has 0 heterocycles. The van der Waals surface area contributed by atoms with E-state index in [0.717, 1.165) is 0 Å². The molecule has 0 unspecified atom stereocenters. The summed E-state index contributed by atoms with van der Waals surface area (Å²) in [6.07, 6.45) is 9.93. The Kier molecular flexibility index (Phi) is 2.56. The average Bonchev–Trinajstić information content (AvgIpc) is 2.34. The fourth-order valence-electron chi connectivity index (χ4n) is 6.89. The summed E-state index contributed by atoms with van der Waals surface area (Å²) in [7, 11) is 0. The lowest BCUT2D eigenvalue weighted by atomic mass is 9.36. The van der Waals surface area contributed by atoms with E-state index in [1.54, 1.807) is 38.5 Å². The Morgan fingerprint density at radius 3 is 1.06 bits per heavy atom. The van der Waals surface area contributed by atoms with Crippen LogP contribution in [0.4, 0.5) is 0 Å². The van der Waals surface area contributed by atoms with Crippen molar-refractivity contribution in [3.05, 3.63) is 0 Å². The molecule has 7 fully saturated rings. The zero-order valence-corrected chi connectivity index (χ0v) is 12.0. The summed E-state index contributed by atoms with van der Waals surface area (Å²) in [5, 5.41) is 7.79. The Morgan fingerprint density at radius 1 is 0.722 bits per heavy atom. The Balaban J connectivity index is 0.000000198. The maximum atomic E-state index is 7.79. The number of hydrogen-bond acceptors (Lipinski definition) is 1. The largest absolute Gasteiger partial charge is 0.502 e. The molecule has 0 aromatic heterocycles. The summed E-state index contributed by atoms with van der Waals surface area (Å²) in [4.78, 5) is 0.